The molecule has 0 aliphatic carbocycles. The average molecular weight is 340 g/mol. The molecule has 1 N–H and O–H groups in total. The van der Waals surface area contributed by atoms with Gasteiger partial charge in [0.2, 0.25) is 0 Å². The summed E-state index contributed by atoms with van der Waals surface area (Å²) in [6.07, 6.45) is 2.79. The van der Waals surface area contributed by atoms with Crippen molar-refractivity contribution in [2.75, 3.05) is 6.54 Å². The fourth-order valence-corrected chi connectivity index (χ4v) is 2.91. The third-order valence-corrected chi connectivity index (χ3v) is 4.27. The third kappa shape index (κ3) is 3.12. The Morgan fingerprint density at radius 2 is 2.05 bits per heavy atom. The molecule has 0 bridgehead atoms. The summed E-state index contributed by atoms with van der Waals surface area (Å²) in [5, 5.41) is 12.4. The van der Waals surface area contributed by atoms with Crippen LogP contribution in [0.2, 0.25) is 0 Å². The van der Waals surface area contributed by atoms with Gasteiger partial charge in [0.15, 0.2) is 0 Å². The molecule has 2 rings (SSSR count). The van der Waals surface area contributed by atoms with Gasteiger partial charge < -0.3 is 5.32 Å². The van der Waals surface area contributed by atoms with Crippen LogP contribution in [0.4, 0.5) is 0 Å². The Hall–Kier alpha value is -1.14. The van der Waals surface area contributed by atoms with Crippen LogP contribution >= 0.6 is 15.9 Å². The number of rotatable bonds is 7. The lowest BCUT2D eigenvalue weighted by Gasteiger charge is -2.10. The fraction of sp³-hybridized carbons (Fsp3) is 0.571. The molecule has 0 fully saturated rings. The van der Waals surface area contributed by atoms with Gasteiger partial charge >= 0.3 is 0 Å². The summed E-state index contributed by atoms with van der Waals surface area (Å²) in [4.78, 5) is 0. The molecule has 0 saturated heterocycles. The van der Waals surface area contributed by atoms with E-state index in [0.29, 0.717) is 0 Å². The number of hydrogen-bond acceptors (Lipinski definition) is 3. The fourth-order valence-electron chi connectivity index (χ4n) is 2.22. The Morgan fingerprint density at radius 3 is 2.70 bits per heavy atom. The summed E-state index contributed by atoms with van der Waals surface area (Å²) < 4.78 is 5.21. The molecule has 6 heteroatoms. The number of halogens is 1. The quantitative estimate of drug-likeness (QED) is 0.843. The lowest BCUT2D eigenvalue weighted by atomic mass is 10.3. The van der Waals surface area contributed by atoms with E-state index in [1.165, 1.54) is 11.4 Å². The molecule has 110 valence electrons. The van der Waals surface area contributed by atoms with Gasteiger partial charge in [0, 0.05) is 19.3 Å². The highest BCUT2D eigenvalue weighted by molar-refractivity contribution is 9.10. The van der Waals surface area contributed by atoms with Crippen LogP contribution in [0.5, 0.6) is 0 Å². The summed E-state index contributed by atoms with van der Waals surface area (Å²) in [6, 6.07) is 2.06. The van der Waals surface area contributed by atoms with Crippen molar-refractivity contribution in [1.29, 1.82) is 0 Å². The van der Waals surface area contributed by atoms with Crippen LogP contribution in [-0.2, 0) is 26.1 Å². The smallest absolute Gasteiger partial charge is 0.0843 e. The largest absolute Gasteiger partial charge is 0.311 e. The molecule has 5 nitrogen and oxygen atoms in total. The number of aryl methyl sites for hydroxylation is 2. The van der Waals surface area contributed by atoms with E-state index in [2.05, 4.69) is 63.0 Å². The molecule has 2 aromatic rings. The molecule has 20 heavy (non-hydrogen) atoms. The maximum absolute atomic E-state index is 4.63. The van der Waals surface area contributed by atoms with Gasteiger partial charge in [0.1, 0.15) is 0 Å². The van der Waals surface area contributed by atoms with Gasteiger partial charge in [0.25, 0.3) is 0 Å². The Balaban J connectivity index is 2.25. The molecule has 2 aromatic heterocycles. The second-order valence-corrected chi connectivity index (χ2v) is 5.43. The monoisotopic (exact) mass is 339 g/mol. The zero-order valence-corrected chi connectivity index (χ0v) is 13.9. The van der Waals surface area contributed by atoms with Crippen molar-refractivity contribution in [2.24, 2.45) is 0 Å². The van der Waals surface area contributed by atoms with E-state index < -0.39 is 0 Å². The van der Waals surface area contributed by atoms with Crippen molar-refractivity contribution >= 4 is 15.9 Å². The lowest BCUT2D eigenvalue weighted by molar-refractivity contribution is 0.550. The van der Waals surface area contributed by atoms with E-state index in [9.17, 15) is 0 Å². The predicted molar refractivity (Wildman–Crippen MR) is 83.7 cm³/mol. The normalized spacial score (nSPS) is 11.2. The maximum Gasteiger partial charge on any atom is 0.0843 e. The van der Waals surface area contributed by atoms with Crippen LogP contribution in [-0.4, -0.2) is 26.1 Å². The molecular weight excluding hydrogens is 318 g/mol. The molecule has 0 amide bonds. The Labute approximate surface area is 128 Å². The number of hydrogen-bond donors (Lipinski definition) is 1. The van der Waals surface area contributed by atoms with Crippen molar-refractivity contribution in [3.63, 3.8) is 0 Å². The molecule has 0 aliphatic heterocycles. The standard InChI is InChI=1S/C14H22BrN5/c1-4-12-14(15)13(19(6-3)18-12)10-20-11(7-8-17-20)9-16-5-2/h7-8,16H,4-6,9-10H2,1-3H3. The minimum Gasteiger partial charge on any atom is -0.311 e. The molecule has 0 atom stereocenters. The van der Waals surface area contributed by atoms with Gasteiger partial charge in [-0.15, -0.1) is 0 Å². The molecular formula is C14H22BrN5. The minimum absolute atomic E-state index is 0.745. The second-order valence-electron chi connectivity index (χ2n) is 4.64. The SMILES string of the molecule is CCNCc1ccnn1Cc1c(Br)c(CC)nn1CC. The predicted octanol–water partition coefficient (Wildman–Crippen LogP) is 2.58. The average Bonchev–Trinajstić information content (AvgIpc) is 3.02. The molecule has 0 radical (unpaired) electrons. The molecule has 0 spiro atoms. The Morgan fingerprint density at radius 1 is 1.25 bits per heavy atom. The summed E-state index contributed by atoms with van der Waals surface area (Å²) in [5.41, 5.74) is 3.49. The molecule has 2 heterocycles. The zero-order valence-electron chi connectivity index (χ0n) is 12.4. The molecule has 0 unspecified atom stereocenters. The van der Waals surface area contributed by atoms with E-state index in [1.807, 2.05) is 10.9 Å². The lowest BCUT2D eigenvalue weighted by Crippen LogP contribution is -2.17. The van der Waals surface area contributed by atoms with E-state index in [0.717, 1.165) is 42.8 Å². The van der Waals surface area contributed by atoms with Crippen molar-refractivity contribution < 1.29 is 0 Å². The van der Waals surface area contributed by atoms with Gasteiger partial charge in [0.05, 0.1) is 28.1 Å². The first-order valence-corrected chi connectivity index (χ1v) is 7.95. The van der Waals surface area contributed by atoms with E-state index in [1.54, 1.807) is 0 Å². The summed E-state index contributed by atoms with van der Waals surface area (Å²) >= 11 is 3.69. The van der Waals surface area contributed by atoms with Gasteiger partial charge in [-0.25, -0.2) is 0 Å². The first-order valence-electron chi connectivity index (χ1n) is 7.16. The highest BCUT2D eigenvalue weighted by Gasteiger charge is 2.15. The van der Waals surface area contributed by atoms with Crippen LogP contribution in [0.15, 0.2) is 16.7 Å². The highest BCUT2D eigenvalue weighted by Crippen LogP contribution is 2.23. The van der Waals surface area contributed by atoms with Crippen LogP contribution in [0.25, 0.3) is 0 Å². The Bertz CT molecular complexity index is 558. The van der Waals surface area contributed by atoms with Crippen LogP contribution < -0.4 is 5.32 Å². The second kappa shape index (κ2) is 7.04. The van der Waals surface area contributed by atoms with Gasteiger partial charge in [-0.1, -0.05) is 13.8 Å². The molecule has 0 aromatic carbocycles. The van der Waals surface area contributed by atoms with Crippen molar-refractivity contribution in [1.82, 2.24) is 24.9 Å². The number of nitrogens with zero attached hydrogens (tertiary/aromatic N) is 4. The summed E-state index contributed by atoms with van der Waals surface area (Å²) in [7, 11) is 0. The van der Waals surface area contributed by atoms with E-state index >= 15 is 0 Å². The first kappa shape index (κ1) is 15.3. The van der Waals surface area contributed by atoms with Gasteiger partial charge in [-0.3, -0.25) is 9.36 Å². The highest BCUT2D eigenvalue weighted by atomic mass is 79.9. The number of aromatic nitrogens is 4. The van der Waals surface area contributed by atoms with Crippen LogP contribution in [0.1, 0.15) is 37.9 Å². The molecule has 0 aliphatic rings. The van der Waals surface area contributed by atoms with Gasteiger partial charge in [-0.2, -0.15) is 10.2 Å². The van der Waals surface area contributed by atoms with Gasteiger partial charge in [-0.05, 0) is 41.9 Å². The minimum atomic E-state index is 0.745. The Kier molecular flexibility index (Phi) is 5.37. The van der Waals surface area contributed by atoms with Crippen molar-refractivity contribution in [2.45, 2.75) is 46.8 Å². The van der Waals surface area contributed by atoms with Crippen LogP contribution in [0, 0.1) is 0 Å². The van der Waals surface area contributed by atoms with E-state index in [-0.39, 0.29) is 0 Å². The van der Waals surface area contributed by atoms with Crippen molar-refractivity contribution in [3.05, 3.63) is 33.8 Å². The molecule has 0 saturated carbocycles. The van der Waals surface area contributed by atoms with Crippen molar-refractivity contribution in [3.8, 4) is 0 Å². The topological polar surface area (TPSA) is 47.7 Å². The van der Waals surface area contributed by atoms with Crippen LogP contribution in [0.3, 0.4) is 0 Å². The first-order chi connectivity index (χ1) is 9.71. The maximum atomic E-state index is 4.63. The summed E-state index contributed by atoms with van der Waals surface area (Å²) in [6.45, 7) is 9.77. The number of nitrogens with one attached hydrogen (secondary N) is 1. The summed E-state index contributed by atoms with van der Waals surface area (Å²) in [5.74, 6) is 0. The third-order valence-electron chi connectivity index (χ3n) is 3.35. The zero-order chi connectivity index (χ0) is 14.5. The van der Waals surface area contributed by atoms with E-state index in [4.69, 9.17) is 0 Å².